The zero-order valence-corrected chi connectivity index (χ0v) is 14.6. The topological polar surface area (TPSA) is 60.2 Å². The largest absolute Gasteiger partial charge is 0.388 e. The zero-order valence-electron chi connectivity index (χ0n) is 14.6. The molecule has 1 aromatic carbocycles. The fourth-order valence-electron chi connectivity index (χ4n) is 3.29. The average molecular weight is 327 g/mol. The Kier molecular flexibility index (Phi) is 4.83. The maximum absolute atomic E-state index is 11.2. The maximum atomic E-state index is 11.2. The van der Waals surface area contributed by atoms with Crippen LogP contribution in [0.2, 0.25) is 0 Å². The Morgan fingerprint density at radius 3 is 2.75 bits per heavy atom. The monoisotopic (exact) mass is 327 g/mol. The van der Waals surface area contributed by atoms with Crippen molar-refractivity contribution in [2.45, 2.75) is 45.3 Å². The molecule has 24 heavy (non-hydrogen) atoms. The van der Waals surface area contributed by atoms with E-state index in [1.807, 2.05) is 45.3 Å². The number of ether oxygens (including phenoxy) is 1. The molecule has 1 N–H and O–H groups in total. The smallest absolute Gasteiger partial charge is 0.107 e. The summed E-state index contributed by atoms with van der Waals surface area (Å²) >= 11 is 0. The summed E-state index contributed by atoms with van der Waals surface area (Å²) in [5.74, 6) is 0. The zero-order chi connectivity index (χ0) is 17.2. The number of benzene rings is 1. The first-order chi connectivity index (χ1) is 11.6. The predicted octanol–water partition coefficient (Wildman–Crippen LogP) is 3.71. The average Bonchev–Trinajstić information content (AvgIpc) is 3.05. The second-order valence-electron chi connectivity index (χ2n) is 6.24. The second-order valence-corrected chi connectivity index (χ2v) is 6.24. The Bertz CT molecular complexity index is 830. The van der Waals surface area contributed by atoms with Gasteiger partial charge in [0.05, 0.1) is 35.2 Å². The molecule has 0 fully saturated rings. The summed E-state index contributed by atoms with van der Waals surface area (Å²) in [4.78, 5) is 8.96. The van der Waals surface area contributed by atoms with Gasteiger partial charge in [0.15, 0.2) is 0 Å². The minimum absolute atomic E-state index is 0.112. The fourth-order valence-corrected chi connectivity index (χ4v) is 3.29. The Balaban J connectivity index is 2.06. The lowest BCUT2D eigenvalue weighted by molar-refractivity contribution is -0.0368. The summed E-state index contributed by atoms with van der Waals surface area (Å²) in [7, 11) is 0. The van der Waals surface area contributed by atoms with Crippen LogP contribution in [0.3, 0.4) is 0 Å². The van der Waals surface area contributed by atoms with Gasteiger partial charge in [-0.1, -0.05) is 25.1 Å². The SMILES string of the molecule is CCOCCC(O)(CC)[C@@H](C)n1cnc2cnc3ccccc3c21. The third-order valence-electron chi connectivity index (χ3n) is 5.00. The summed E-state index contributed by atoms with van der Waals surface area (Å²) in [5.41, 5.74) is 1.97. The van der Waals surface area contributed by atoms with Crippen molar-refractivity contribution in [3.8, 4) is 0 Å². The van der Waals surface area contributed by atoms with E-state index in [2.05, 4.69) is 20.6 Å². The van der Waals surface area contributed by atoms with Crippen molar-refractivity contribution in [3.63, 3.8) is 0 Å². The molecule has 0 bridgehead atoms. The van der Waals surface area contributed by atoms with Crippen LogP contribution in [0.4, 0.5) is 0 Å². The van der Waals surface area contributed by atoms with Crippen LogP contribution in [-0.2, 0) is 4.74 Å². The van der Waals surface area contributed by atoms with Gasteiger partial charge in [0.1, 0.15) is 5.52 Å². The van der Waals surface area contributed by atoms with Crippen LogP contribution in [0.15, 0.2) is 36.8 Å². The Morgan fingerprint density at radius 1 is 1.21 bits per heavy atom. The predicted molar refractivity (Wildman–Crippen MR) is 96.1 cm³/mol. The normalized spacial score (nSPS) is 15.7. The number of aliphatic hydroxyl groups is 1. The van der Waals surface area contributed by atoms with Crippen molar-refractivity contribution in [1.29, 1.82) is 0 Å². The lowest BCUT2D eigenvalue weighted by atomic mass is 9.88. The first kappa shape index (κ1) is 16.9. The summed E-state index contributed by atoms with van der Waals surface area (Å²) in [6, 6.07) is 7.93. The van der Waals surface area contributed by atoms with Gasteiger partial charge in [0.25, 0.3) is 0 Å². The fraction of sp³-hybridized carbons (Fsp3) is 0.474. The summed E-state index contributed by atoms with van der Waals surface area (Å²) in [5, 5.41) is 12.2. The molecule has 5 nitrogen and oxygen atoms in total. The molecule has 1 unspecified atom stereocenters. The first-order valence-corrected chi connectivity index (χ1v) is 8.61. The molecule has 0 aliphatic carbocycles. The van der Waals surface area contributed by atoms with E-state index in [0.29, 0.717) is 26.1 Å². The number of pyridine rings is 1. The highest BCUT2D eigenvalue weighted by molar-refractivity contribution is 6.02. The van der Waals surface area contributed by atoms with E-state index in [1.54, 1.807) is 6.20 Å². The van der Waals surface area contributed by atoms with Crippen LogP contribution in [0, 0.1) is 0 Å². The standard InChI is InChI=1S/C19H25N3O2/c1-4-19(23,10-11-24-5-2)14(3)22-13-21-17-12-20-16-9-7-6-8-15(16)18(17)22/h6-9,12-14,23H,4-5,10-11H2,1-3H3/t14-,19?/m1/s1. The van der Waals surface area contributed by atoms with Crippen LogP contribution in [0.5, 0.6) is 0 Å². The first-order valence-electron chi connectivity index (χ1n) is 8.61. The molecule has 0 amide bonds. The van der Waals surface area contributed by atoms with Crippen LogP contribution in [0.25, 0.3) is 21.9 Å². The van der Waals surface area contributed by atoms with Crippen molar-refractivity contribution in [3.05, 3.63) is 36.8 Å². The number of para-hydroxylation sites is 1. The highest BCUT2D eigenvalue weighted by atomic mass is 16.5. The van der Waals surface area contributed by atoms with Gasteiger partial charge in [0.2, 0.25) is 0 Å². The molecule has 0 aliphatic heterocycles. The van der Waals surface area contributed by atoms with E-state index >= 15 is 0 Å². The third kappa shape index (κ3) is 2.89. The summed E-state index contributed by atoms with van der Waals surface area (Å²) in [6.07, 6.45) is 4.86. The van der Waals surface area contributed by atoms with E-state index in [1.165, 1.54) is 0 Å². The van der Waals surface area contributed by atoms with Crippen molar-refractivity contribution in [1.82, 2.24) is 14.5 Å². The van der Waals surface area contributed by atoms with E-state index in [9.17, 15) is 5.11 Å². The molecular formula is C19H25N3O2. The van der Waals surface area contributed by atoms with Gasteiger partial charge in [-0.05, 0) is 26.3 Å². The van der Waals surface area contributed by atoms with E-state index in [4.69, 9.17) is 4.74 Å². The lowest BCUT2D eigenvalue weighted by Crippen LogP contribution is -2.38. The molecule has 3 rings (SSSR count). The van der Waals surface area contributed by atoms with Crippen molar-refractivity contribution in [2.75, 3.05) is 13.2 Å². The van der Waals surface area contributed by atoms with Gasteiger partial charge in [-0.15, -0.1) is 0 Å². The van der Waals surface area contributed by atoms with Crippen LogP contribution in [-0.4, -0.2) is 38.5 Å². The van der Waals surface area contributed by atoms with Crippen molar-refractivity contribution < 1.29 is 9.84 Å². The van der Waals surface area contributed by atoms with Gasteiger partial charge in [-0.3, -0.25) is 4.98 Å². The molecule has 2 atom stereocenters. The number of rotatable bonds is 7. The molecule has 128 valence electrons. The molecule has 0 spiro atoms. The molecule has 2 heterocycles. The quantitative estimate of drug-likeness (QED) is 0.672. The Morgan fingerprint density at radius 2 is 2.00 bits per heavy atom. The highest BCUT2D eigenvalue weighted by Gasteiger charge is 2.33. The highest BCUT2D eigenvalue weighted by Crippen LogP contribution is 2.33. The van der Waals surface area contributed by atoms with Gasteiger partial charge >= 0.3 is 0 Å². The third-order valence-corrected chi connectivity index (χ3v) is 5.00. The van der Waals surface area contributed by atoms with Crippen molar-refractivity contribution >= 4 is 21.9 Å². The van der Waals surface area contributed by atoms with Crippen molar-refractivity contribution in [2.24, 2.45) is 0 Å². The van der Waals surface area contributed by atoms with Gasteiger partial charge < -0.3 is 14.4 Å². The number of aromatic nitrogens is 3. The molecule has 0 radical (unpaired) electrons. The number of nitrogens with zero attached hydrogens (tertiary/aromatic N) is 3. The number of imidazole rings is 1. The number of hydrogen-bond donors (Lipinski definition) is 1. The molecule has 0 saturated heterocycles. The summed E-state index contributed by atoms with van der Waals surface area (Å²) < 4.78 is 7.54. The van der Waals surface area contributed by atoms with Crippen LogP contribution < -0.4 is 0 Å². The molecule has 5 heteroatoms. The number of hydrogen-bond acceptors (Lipinski definition) is 4. The van der Waals surface area contributed by atoms with Gasteiger partial charge in [-0.25, -0.2) is 4.98 Å². The molecule has 3 aromatic rings. The Hall–Kier alpha value is -1.98. The molecule has 0 saturated carbocycles. The minimum atomic E-state index is -0.840. The van der Waals surface area contributed by atoms with Gasteiger partial charge in [0, 0.05) is 25.0 Å². The Labute approximate surface area is 142 Å². The second kappa shape index (κ2) is 6.87. The maximum Gasteiger partial charge on any atom is 0.107 e. The van der Waals surface area contributed by atoms with Gasteiger partial charge in [-0.2, -0.15) is 0 Å². The minimum Gasteiger partial charge on any atom is -0.388 e. The summed E-state index contributed by atoms with van der Waals surface area (Å²) in [6.45, 7) is 7.25. The molecule has 0 aliphatic rings. The molecule has 2 aromatic heterocycles. The number of fused-ring (bicyclic) bond motifs is 3. The lowest BCUT2D eigenvalue weighted by Gasteiger charge is -2.34. The van der Waals surface area contributed by atoms with E-state index in [0.717, 1.165) is 21.9 Å². The van der Waals surface area contributed by atoms with E-state index < -0.39 is 5.60 Å². The molecular weight excluding hydrogens is 302 g/mol. The van der Waals surface area contributed by atoms with E-state index in [-0.39, 0.29) is 6.04 Å². The van der Waals surface area contributed by atoms with Crippen LogP contribution in [0.1, 0.15) is 39.7 Å². The van der Waals surface area contributed by atoms with Crippen LogP contribution >= 0.6 is 0 Å².